The van der Waals surface area contributed by atoms with Gasteiger partial charge in [-0.25, -0.2) is 0 Å². The number of hydrogen-bond donors (Lipinski definition) is 2. The summed E-state index contributed by atoms with van der Waals surface area (Å²) in [6.07, 6.45) is 0. The van der Waals surface area contributed by atoms with Gasteiger partial charge in [-0.05, 0) is 29.2 Å². The van der Waals surface area contributed by atoms with E-state index in [0.717, 1.165) is 5.56 Å². The van der Waals surface area contributed by atoms with E-state index in [1.807, 2.05) is 13.8 Å². The highest BCUT2D eigenvalue weighted by molar-refractivity contribution is 6.33. The molecular formula is C13H15Cl2N3O. The molecule has 1 amide bonds. The Bertz CT molecular complexity index is 565. The molecule has 0 radical (unpaired) electrons. The van der Waals surface area contributed by atoms with E-state index >= 15 is 0 Å². The van der Waals surface area contributed by atoms with Crippen LogP contribution in [0.1, 0.15) is 25.3 Å². The minimum atomic E-state index is -0.314. The van der Waals surface area contributed by atoms with E-state index in [2.05, 4.69) is 4.99 Å². The molecule has 0 bridgehead atoms. The van der Waals surface area contributed by atoms with Crippen molar-refractivity contribution in [3.05, 3.63) is 33.8 Å². The van der Waals surface area contributed by atoms with Crippen LogP contribution >= 0.6 is 23.2 Å². The normalized spacial score (nSPS) is 23.8. The number of aliphatic imine (C=N–C) groups is 1. The van der Waals surface area contributed by atoms with E-state index in [0.29, 0.717) is 10.0 Å². The maximum Gasteiger partial charge on any atom is 0.253 e. The second-order valence-electron chi connectivity index (χ2n) is 5.32. The molecule has 4 nitrogen and oxygen atoms in total. The van der Waals surface area contributed by atoms with Gasteiger partial charge in [0, 0.05) is 16.0 Å². The SMILES string of the molecule is CC1(C)[C@H](C(=O)N=C(N)N)[C@H]1c1cc(Cl)ccc1Cl. The molecule has 2 rings (SSSR count). The van der Waals surface area contributed by atoms with Gasteiger partial charge in [-0.15, -0.1) is 0 Å². The Labute approximate surface area is 121 Å². The number of hydrogen-bond acceptors (Lipinski definition) is 1. The molecule has 0 spiro atoms. The minimum absolute atomic E-state index is 0.0192. The quantitative estimate of drug-likeness (QED) is 0.650. The van der Waals surface area contributed by atoms with Gasteiger partial charge >= 0.3 is 0 Å². The van der Waals surface area contributed by atoms with E-state index in [1.54, 1.807) is 18.2 Å². The highest BCUT2D eigenvalue weighted by Gasteiger charge is 2.62. The fraction of sp³-hybridized carbons (Fsp3) is 0.385. The Hall–Kier alpha value is -1.26. The lowest BCUT2D eigenvalue weighted by Gasteiger charge is -2.05. The smallest absolute Gasteiger partial charge is 0.253 e. The molecule has 0 heterocycles. The van der Waals surface area contributed by atoms with Gasteiger partial charge in [-0.3, -0.25) is 4.79 Å². The third-order valence-electron chi connectivity index (χ3n) is 3.63. The summed E-state index contributed by atoms with van der Waals surface area (Å²) in [5, 5.41) is 1.19. The van der Waals surface area contributed by atoms with Gasteiger partial charge in [0.2, 0.25) is 0 Å². The lowest BCUT2D eigenvalue weighted by molar-refractivity contribution is -0.119. The molecule has 19 heavy (non-hydrogen) atoms. The van der Waals surface area contributed by atoms with Crippen LogP contribution in [0.15, 0.2) is 23.2 Å². The summed E-state index contributed by atoms with van der Waals surface area (Å²) in [5.74, 6) is -0.824. The number of benzene rings is 1. The molecule has 1 aliphatic rings. The van der Waals surface area contributed by atoms with Crippen molar-refractivity contribution in [1.82, 2.24) is 0 Å². The molecule has 0 aliphatic heterocycles. The number of amides is 1. The van der Waals surface area contributed by atoms with Gasteiger partial charge in [0.15, 0.2) is 5.96 Å². The van der Waals surface area contributed by atoms with E-state index in [-0.39, 0.29) is 29.1 Å². The average Bonchev–Trinajstić information content (AvgIpc) is 2.84. The third kappa shape index (κ3) is 2.55. The molecule has 1 aliphatic carbocycles. The number of nitrogens with two attached hydrogens (primary N) is 2. The summed E-state index contributed by atoms with van der Waals surface area (Å²) in [5.41, 5.74) is 11.1. The van der Waals surface area contributed by atoms with E-state index in [4.69, 9.17) is 34.7 Å². The van der Waals surface area contributed by atoms with Gasteiger partial charge in [0.25, 0.3) is 5.91 Å². The van der Waals surface area contributed by atoms with Crippen LogP contribution in [0.2, 0.25) is 10.0 Å². The number of carbonyl (C=O) groups excluding carboxylic acids is 1. The summed E-state index contributed by atoms with van der Waals surface area (Å²) >= 11 is 12.2. The molecule has 102 valence electrons. The number of guanidine groups is 1. The first-order chi connectivity index (χ1) is 8.75. The predicted octanol–water partition coefficient (Wildman–Crippen LogP) is 2.53. The summed E-state index contributed by atoms with van der Waals surface area (Å²) in [6, 6.07) is 5.24. The minimum Gasteiger partial charge on any atom is -0.370 e. The number of rotatable bonds is 2. The standard InChI is InChI=1S/C13H15Cl2N3O/c1-13(2)9(10(13)11(19)18-12(16)17)7-5-6(14)3-4-8(7)15/h3-5,9-10H,1-2H3,(H4,16,17,18,19)/t9-,10+/m1/s1. The van der Waals surface area contributed by atoms with Crippen molar-refractivity contribution >= 4 is 35.1 Å². The molecule has 1 saturated carbocycles. The molecule has 2 atom stereocenters. The predicted molar refractivity (Wildman–Crippen MR) is 77.3 cm³/mol. The zero-order valence-corrected chi connectivity index (χ0v) is 12.2. The van der Waals surface area contributed by atoms with Crippen molar-refractivity contribution in [3.8, 4) is 0 Å². The van der Waals surface area contributed by atoms with E-state index in [9.17, 15) is 4.79 Å². The van der Waals surface area contributed by atoms with Crippen LogP contribution in [0, 0.1) is 11.3 Å². The van der Waals surface area contributed by atoms with Crippen LogP contribution in [0.25, 0.3) is 0 Å². The zero-order valence-electron chi connectivity index (χ0n) is 10.7. The summed E-state index contributed by atoms with van der Waals surface area (Å²) in [4.78, 5) is 15.6. The Morgan fingerprint density at radius 3 is 2.53 bits per heavy atom. The molecule has 0 unspecified atom stereocenters. The van der Waals surface area contributed by atoms with Gasteiger partial charge in [0.05, 0.1) is 5.92 Å². The van der Waals surface area contributed by atoms with Crippen molar-refractivity contribution in [2.24, 2.45) is 27.8 Å². The Balaban J connectivity index is 2.34. The topological polar surface area (TPSA) is 81.5 Å². The van der Waals surface area contributed by atoms with Crippen molar-refractivity contribution in [1.29, 1.82) is 0 Å². The molecule has 0 saturated heterocycles. The van der Waals surface area contributed by atoms with Crippen LogP contribution in [0.4, 0.5) is 0 Å². The van der Waals surface area contributed by atoms with Crippen LogP contribution in [0.5, 0.6) is 0 Å². The van der Waals surface area contributed by atoms with E-state index < -0.39 is 0 Å². The summed E-state index contributed by atoms with van der Waals surface area (Å²) in [7, 11) is 0. The van der Waals surface area contributed by atoms with Crippen LogP contribution in [-0.4, -0.2) is 11.9 Å². The highest BCUT2D eigenvalue weighted by Crippen LogP contribution is 2.65. The second kappa shape index (κ2) is 4.69. The number of halogens is 2. The molecule has 1 aromatic carbocycles. The molecular weight excluding hydrogens is 285 g/mol. The summed E-state index contributed by atoms with van der Waals surface area (Å²) < 4.78 is 0. The highest BCUT2D eigenvalue weighted by atomic mass is 35.5. The van der Waals surface area contributed by atoms with Crippen LogP contribution < -0.4 is 11.5 Å². The number of nitrogens with zero attached hydrogens (tertiary/aromatic N) is 1. The fourth-order valence-corrected chi connectivity index (χ4v) is 3.04. The number of carbonyl (C=O) groups is 1. The van der Waals surface area contributed by atoms with E-state index in [1.165, 1.54) is 0 Å². The van der Waals surface area contributed by atoms with Gasteiger partial charge in [-0.1, -0.05) is 37.0 Å². The lowest BCUT2D eigenvalue weighted by atomic mass is 10.0. The molecule has 6 heteroatoms. The fourth-order valence-electron chi connectivity index (χ4n) is 2.63. The second-order valence-corrected chi connectivity index (χ2v) is 6.16. The molecule has 4 N–H and O–H groups in total. The maximum absolute atomic E-state index is 12.0. The average molecular weight is 300 g/mol. The van der Waals surface area contributed by atoms with Gasteiger partial charge < -0.3 is 11.5 Å². The van der Waals surface area contributed by atoms with Crippen LogP contribution in [-0.2, 0) is 4.79 Å². The first-order valence-electron chi connectivity index (χ1n) is 5.83. The van der Waals surface area contributed by atoms with Crippen molar-refractivity contribution in [2.75, 3.05) is 0 Å². The lowest BCUT2D eigenvalue weighted by Crippen LogP contribution is -2.25. The third-order valence-corrected chi connectivity index (χ3v) is 4.21. The largest absolute Gasteiger partial charge is 0.370 e. The Morgan fingerprint density at radius 1 is 1.32 bits per heavy atom. The molecule has 1 fully saturated rings. The van der Waals surface area contributed by atoms with Gasteiger partial charge in [0.1, 0.15) is 0 Å². The van der Waals surface area contributed by atoms with Crippen LogP contribution in [0.3, 0.4) is 0 Å². The zero-order chi connectivity index (χ0) is 14.4. The van der Waals surface area contributed by atoms with Crippen molar-refractivity contribution in [3.63, 3.8) is 0 Å². The molecule has 1 aromatic rings. The maximum atomic E-state index is 12.0. The Kier molecular flexibility index (Phi) is 3.49. The first-order valence-corrected chi connectivity index (χ1v) is 6.59. The Morgan fingerprint density at radius 2 is 1.95 bits per heavy atom. The van der Waals surface area contributed by atoms with Gasteiger partial charge in [-0.2, -0.15) is 4.99 Å². The van der Waals surface area contributed by atoms with Crippen molar-refractivity contribution < 1.29 is 4.79 Å². The van der Waals surface area contributed by atoms with Crippen molar-refractivity contribution in [2.45, 2.75) is 19.8 Å². The summed E-state index contributed by atoms with van der Waals surface area (Å²) in [6.45, 7) is 3.97. The molecule has 0 aromatic heterocycles. The first kappa shape index (κ1) is 14.2. The monoisotopic (exact) mass is 299 g/mol.